The largest absolute Gasteiger partial charge is 0.348 e. The molecule has 0 spiro atoms. The van der Waals surface area contributed by atoms with Crippen LogP contribution in [-0.2, 0) is 9.84 Å². The molecule has 0 radical (unpaired) electrons. The molecule has 1 aliphatic rings. The Morgan fingerprint density at radius 2 is 1.77 bits per heavy atom. The number of halogens is 4. The highest BCUT2D eigenvalue weighted by molar-refractivity contribution is 7.92. The first-order valence-corrected chi connectivity index (χ1v) is 11.9. The number of hydrogen-bond donors (Lipinski definition) is 0. The molecule has 10 heteroatoms. The van der Waals surface area contributed by atoms with Crippen molar-refractivity contribution >= 4 is 37.9 Å². The van der Waals surface area contributed by atoms with Crippen molar-refractivity contribution in [2.45, 2.75) is 23.0 Å². The number of nitrogens with zero attached hydrogens (tertiary/aromatic N) is 2. The van der Waals surface area contributed by atoms with E-state index in [9.17, 15) is 21.6 Å². The molecule has 0 amide bonds. The smallest absolute Gasteiger partial charge is 0.185 e. The molecule has 158 valence electrons. The maximum Gasteiger partial charge on any atom is 0.185 e. The highest BCUT2D eigenvalue weighted by atomic mass is 35.5. The third kappa shape index (κ3) is 4.06. The van der Waals surface area contributed by atoms with Gasteiger partial charge in [-0.05, 0) is 49.2 Å². The summed E-state index contributed by atoms with van der Waals surface area (Å²) in [5.41, 5.74) is 1.00. The van der Waals surface area contributed by atoms with E-state index in [1.807, 2.05) is 4.90 Å². The average Bonchev–Trinajstić information content (AvgIpc) is 3.20. The van der Waals surface area contributed by atoms with Gasteiger partial charge in [-0.3, -0.25) is 0 Å². The zero-order chi connectivity index (χ0) is 21.5. The van der Waals surface area contributed by atoms with Gasteiger partial charge in [-0.25, -0.2) is 26.6 Å². The Bertz CT molecular complexity index is 1190. The molecule has 1 saturated heterocycles. The Kier molecular flexibility index (Phi) is 5.78. The summed E-state index contributed by atoms with van der Waals surface area (Å²) in [5, 5.41) is 1.70. The second-order valence-corrected chi connectivity index (χ2v) is 10.4. The van der Waals surface area contributed by atoms with Gasteiger partial charge in [-0.1, -0.05) is 11.6 Å². The first kappa shape index (κ1) is 21.1. The third-order valence-corrected chi connectivity index (χ3v) is 8.70. The summed E-state index contributed by atoms with van der Waals surface area (Å²) in [5.74, 6) is -2.44. The molecular weight excluding hydrogens is 457 g/mol. The minimum absolute atomic E-state index is 0.0566. The van der Waals surface area contributed by atoms with Crippen LogP contribution in [0.2, 0.25) is 5.02 Å². The lowest BCUT2D eigenvalue weighted by Crippen LogP contribution is -2.39. The number of anilines is 1. The number of sulfone groups is 1. The summed E-state index contributed by atoms with van der Waals surface area (Å²) >= 11 is 7.31. The van der Waals surface area contributed by atoms with E-state index in [1.54, 1.807) is 5.38 Å². The van der Waals surface area contributed by atoms with E-state index in [-0.39, 0.29) is 9.92 Å². The minimum atomic E-state index is -3.68. The van der Waals surface area contributed by atoms with Crippen LogP contribution < -0.4 is 4.90 Å². The highest BCUT2D eigenvalue weighted by Gasteiger charge is 2.33. The van der Waals surface area contributed by atoms with Gasteiger partial charge < -0.3 is 4.90 Å². The van der Waals surface area contributed by atoms with E-state index in [2.05, 4.69) is 4.98 Å². The number of benzene rings is 2. The summed E-state index contributed by atoms with van der Waals surface area (Å²) in [6, 6.07) is 6.90. The maximum absolute atomic E-state index is 13.5. The quantitative estimate of drug-likeness (QED) is 0.482. The molecule has 2 heterocycles. The summed E-state index contributed by atoms with van der Waals surface area (Å²) < 4.78 is 65.7. The molecule has 2 aromatic carbocycles. The Labute approximate surface area is 180 Å². The van der Waals surface area contributed by atoms with E-state index in [0.717, 1.165) is 24.3 Å². The number of thiazole rings is 1. The minimum Gasteiger partial charge on any atom is -0.348 e. The van der Waals surface area contributed by atoms with Gasteiger partial charge in [0.2, 0.25) is 0 Å². The monoisotopic (exact) mass is 472 g/mol. The lowest BCUT2D eigenvalue weighted by Gasteiger charge is -2.31. The molecular formula is C20H16ClF3N2O2S2. The molecule has 1 aliphatic heterocycles. The van der Waals surface area contributed by atoms with Crippen LogP contribution in [0.4, 0.5) is 18.3 Å². The van der Waals surface area contributed by atoms with Crippen LogP contribution in [0.25, 0.3) is 11.3 Å². The van der Waals surface area contributed by atoms with Crippen molar-refractivity contribution < 1.29 is 21.6 Å². The lowest BCUT2D eigenvalue weighted by molar-refractivity contribution is 0.509. The van der Waals surface area contributed by atoms with Crippen molar-refractivity contribution in [1.82, 2.24) is 4.98 Å². The van der Waals surface area contributed by atoms with E-state index in [4.69, 9.17) is 11.6 Å². The highest BCUT2D eigenvalue weighted by Crippen LogP contribution is 2.33. The SMILES string of the molecule is O=S(=O)(c1ccc(F)cc1Cl)C1CCN(c2nc(-c3ccc(F)c(F)c3)cs2)CC1. The Balaban J connectivity index is 1.47. The van der Waals surface area contributed by atoms with Crippen molar-refractivity contribution in [2.75, 3.05) is 18.0 Å². The van der Waals surface area contributed by atoms with Gasteiger partial charge in [-0.15, -0.1) is 11.3 Å². The number of hydrogen-bond acceptors (Lipinski definition) is 5. The maximum atomic E-state index is 13.5. The fourth-order valence-electron chi connectivity index (χ4n) is 3.44. The van der Waals surface area contributed by atoms with Crippen LogP contribution in [0, 0.1) is 17.5 Å². The standard InChI is InChI=1S/C20H16ClF3N2O2S2/c21-15-10-13(22)2-4-19(15)30(27,28)14-5-7-26(8-6-14)20-25-18(11-29-20)12-1-3-16(23)17(24)9-12/h1-4,9-11,14H,5-8H2. The molecule has 0 N–H and O–H groups in total. The molecule has 3 aromatic rings. The van der Waals surface area contributed by atoms with Crippen LogP contribution >= 0.6 is 22.9 Å². The van der Waals surface area contributed by atoms with Gasteiger partial charge in [0.25, 0.3) is 0 Å². The zero-order valence-corrected chi connectivity index (χ0v) is 17.9. The van der Waals surface area contributed by atoms with Crippen LogP contribution in [0.1, 0.15) is 12.8 Å². The average molecular weight is 473 g/mol. The van der Waals surface area contributed by atoms with E-state index in [0.29, 0.717) is 42.3 Å². The second kappa shape index (κ2) is 8.20. The number of aromatic nitrogens is 1. The van der Waals surface area contributed by atoms with Crippen LogP contribution in [0.3, 0.4) is 0 Å². The van der Waals surface area contributed by atoms with Gasteiger partial charge in [-0.2, -0.15) is 0 Å². The fourth-order valence-corrected chi connectivity index (χ4v) is 6.60. The van der Waals surface area contributed by atoms with E-state index < -0.39 is 32.5 Å². The van der Waals surface area contributed by atoms with Crippen LogP contribution in [-0.4, -0.2) is 31.7 Å². The van der Waals surface area contributed by atoms with Gasteiger partial charge in [0.1, 0.15) is 5.82 Å². The van der Waals surface area contributed by atoms with Gasteiger partial charge >= 0.3 is 0 Å². The number of rotatable bonds is 4. The summed E-state index contributed by atoms with van der Waals surface area (Å²) in [6.45, 7) is 0.931. The van der Waals surface area contributed by atoms with Crippen LogP contribution in [0.5, 0.6) is 0 Å². The van der Waals surface area contributed by atoms with Crippen molar-refractivity contribution in [3.8, 4) is 11.3 Å². The van der Waals surface area contributed by atoms with E-state index >= 15 is 0 Å². The summed E-state index contributed by atoms with van der Waals surface area (Å²) in [6.07, 6.45) is 0.742. The molecule has 0 atom stereocenters. The van der Waals surface area contributed by atoms with Crippen molar-refractivity contribution in [3.05, 3.63) is 64.3 Å². The van der Waals surface area contributed by atoms with Crippen molar-refractivity contribution in [2.24, 2.45) is 0 Å². The Morgan fingerprint density at radius 1 is 1.03 bits per heavy atom. The fraction of sp³-hybridized carbons (Fsp3) is 0.250. The molecule has 0 unspecified atom stereocenters. The molecule has 0 saturated carbocycles. The Morgan fingerprint density at radius 3 is 2.43 bits per heavy atom. The van der Waals surface area contributed by atoms with Gasteiger partial charge in [0, 0.05) is 24.0 Å². The molecule has 4 rings (SSSR count). The van der Waals surface area contributed by atoms with Gasteiger partial charge in [0.05, 0.1) is 20.9 Å². The summed E-state index contributed by atoms with van der Waals surface area (Å²) in [4.78, 5) is 6.40. The first-order chi connectivity index (χ1) is 14.3. The molecule has 30 heavy (non-hydrogen) atoms. The van der Waals surface area contributed by atoms with E-state index in [1.165, 1.54) is 23.5 Å². The van der Waals surface area contributed by atoms with Crippen molar-refractivity contribution in [3.63, 3.8) is 0 Å². The molecule has 0 bridgehead atoms. The van der Waals surface area contributed by atoms with Crippen LogP contribution in [0.15, 0.2) is 46.7 Å². The second-order valence-electron chi connectivity index (χ2n) is 6.95. The third-order valence-electron chi connectivity index (χ3n) is 5.06. The summed E-state index contributed by atoms with van der Waals surface area (Å²) in [7, 11) is -3.68. The normalized spacial score (nSPS) is 15.5. The molecule has 1 fully saturated rings. The first-order valence-electron chi connectivity index (χ1n) is 9.10. The topological polar surface area (TPSA) is 50.3 Å². The predicted molar refractivity (Wildman–Crippen MR) is 111 cm³/mol. The molecule has 0 aliphatic carbocycles. The Hall–Kier alpha value is -2.10. The van der Waals surface area contributed by atoms with Gasteiger partial charge in [0.15, 0.2) is 26.6 Å². The van der Waals surface area contributed by atoms with Crippen molar-refractivity contribution in [1.29, 1.82) is 0 Å². The predicted octanol–water partition coefficient (Wildman–Crippen LogP) is 5.32. The lowest BCUT2D eigenvalue weighted by atomic mass is 10.1. The molecule has 4 nitrogen and oxygen atoms in total. The molecule has 1 aromatic heterocycles. The zero-order valence-electron chi connectivity index (χ0n) is 15.5. The number of piperidine rings is 1.